The number of rotatable bonds is 7. The molecule has 0 unspecified atom stereocenters. The van der Waals surface area contributed by atoms with Crippen molar-refractivity contribution in [3.8, 4) is 11.6 Å². The van der Waals surface area contributed by atoms with Gasteiger partial charge in [-0.2, -0.15) is 0 Å². The van der Waals surface area contributed by atoms with E-state index in [-0.39, 0.29) is 24.1 Å². The van der Waals surface area contributed by atoms with Crippen LogP contribution in [-0.4, -0.2) is 43.9 Å². The summed E-state index contributed by atoms with van der Waals surface area (Å²) in [6, 6.07) is 8.23. The molecule has 1 aromatic carbocycles. The molecule has 1 aromatic heterocycles. The third-order valence-corrected chi connectivity index (χ3v) is 5.42. The highest BCUT2D eigenvalue weighted by Crippen LogP contribution is 2.28. The van der Waals surface area contributed by atoms with Gasteiger partial charge in [-0.1, -0.05) is 12.1 Å². The van der Waals surface area contributed by atoms with E-state index in [2.05, 4.69) is 14.7 Å². The number of nitrogens with one attached hydrogen (secondary N) is 1. The molecule has 9 nitrogen and oxygen atoms in total. The second kappa shape index (κ2) is 8.31. The van der Waals surface area contributed by atoms with Crippen LogP contribution >= 0.6 is 0 Å². The molecule has 30 heavy (non-hydrogen) atoms. The molecule has 0 saturated heterocycles. The summed E-state index contributed by atoms with van der Waals surface area (Å²) in [5, 5.41) is 2.91. The molecule has 0 aliphatic carbocycles. The smallest absolute Gasteiger partial charge is 0.259 e. The molecule has 160 valence electrons. The van der Waals surface area contributed by atoms with Crippen molar-refractivity contribution >= 4 is 21.8 Å². The second-order valence-corrected chi connectivity index (χ2v) is 9.07. The van der Waals surface area contributed by atoms with Gasteiger partial charge < -0.3 is 20.5 Å². The predicted molar refractivity (Wildman–Crippen MR) is 112 cm³/mol. The number of hydrogen-bond acceptors (Lipinski definition) is 7. The van der Waals surface area contributed by atoms with Gasteiger partial charge >= 0.3 is 0 Å². The van der Waals surface area contributed by atoms with E-state index in [0.29, 0.717) is 34.9 Å². The van der Waals surface area contributed by atoms with Crippen LogP contribution in [0.4, 0.5) is 0 Å². The van der Waals surface area contributed by atoms with Crippen LogP contribution in [0.3, 0.4) is 0 Å². The lowest BCUT2D eigenvalue weighted by Crippen LogP contribution is -2.48. The zero-order valence-electron chi connectivity index (χ0n) is 17.0. The minimum atomic E-state index is -3.62. The normalized spacial score (nSPS) is 15.0. The fourth-order valence-electron chi connectivity index (χ4n) is 2.98. The number of hydrogen-bond donors (Lipinski definition) is 2. The summed E-state index contributed by atoms with van der Waals surface area (Å²) < 4.78 is 38.4. The lowest BCUT2D eigenvalue weighted by Gasteiger charge is -2.27. The highest BCUT2D eigenvalue weighted by atomic mass is 32.2. The van der Waals surface area contributed by atoms with E-state index in [9.17, 15) is 13.2 Å². The number of aromatic nitrogens is 1. The summed E-state index contributed by atoms with van der Waals surface area (Å²) >= 11 is 0. The number of nitrogens with zero attached hydrogens (tertiary/aromatic N) is 2. The maximum Gasteiger partial charge on any atom is 0.259 e. The Kier molecular flexibility index (Phi) is 5.97. The summed E-state index contributed by atoms with van der Waals surface area (Å²) in [4.78, 5) is 16.7. The molecule has 0 spiro atoms. The molecule has 0 radical (unpaired) electrons. The monoisotopic (exact) mass is 432 g/mol. The van der Waals surface area contributed by atoms with Crippen LogP contribution in [0.2, 0.25) is 0 Å². The van der Waals surface area contributed by atoms with Crippen molar-refractivity contribution in [1.82, 2.24) is 10.3 Å². The Bertz CT molecular complexity index is 1100. The number of benzene rings is 1. The topological polar surface area (TPSA) is 133 Å². The van der Waals surface area contributed by atoms with Crippen molar-refractivity contribution in [2.24, 2.45) is 10.1 Å². The Balaban J connectivity index is 1.72. The summed E-state index contributed by atoms with van der Waals surface area (Å²) in [5.74, 6) is 0.154. The molecule has 2 aromatic rings. The quantitative estimate of drug-likeness (QED) is 0.679. The molecule has 0 atom stereocenters. The van der Waals surface area contributed by atoms with Crippen LogP contribution in [0.25, 0.3) is 0 Å². The molecular weight excluding hydrogens is 408 g/mol. The Morgan fingerprint density at radius 3 is 2.77 bits per heavy atom. The molecule has 0 fully saturated rings. The first-order valence-electron chi connectivity index (χ1n) is 9.35. The van der Waals surface area contributed by atoms with Gasteiger partial charge in [0.25, 0.3) is 15.9 Å². The SMILES string of the molecule is CCOc1cc(C(=O)NC(C)(C)COc2cccc3c2C(N)=NS(=O)(=O)C3)ccn1. The standard InChI is InChI=1S/C20H24N4O5S/c1-4-28-16-10-13(8-9-22-16)19(25)23-20(2,3)12-29-15-7-5-6-14-11-30(26,27)24-18(21)17(14)15/h5-10H,4,11-12H2,1-3H3,(H2,21,24)(H,23,25). The predicted octanol–water partition coefficient (Wildman–Crippen LogP) is 1.62. The van der Waals surface area contributed by atoms with Gasteiger partial charge in [0.2, 0.25) is 5.88 Å². The largest absolute Gasteiger partial charge is 0.490 e. The summed E-state index contributed by atoms with van der Waals surface area (Å²) in [6.45, 7) is 6.04. The van der Waals surface area contributed by atoms with Gasteiger partial charge in [0, 0.05) is 17.8 Å². The minimum Gasteiger partial charge on any atom is -0.490 e. The van der Waals surface area contributed by atoms with E-state index in [1.165, 1.54) is 6.20 Å². The molecule has 1 aliphatic heterocycles. The van der Waals surface area contributed by atoms with E-state index < -0.39 is 15.6 Å². The van der Waals surface area contributed by atoms with Gasteiger partial charge in [-0.05, 0) is 38.5 Å². The first-order valence-corrected chi connectivity index (χ1v) is 11.0. The summed E-state index contributed by atoms with van der Waals surface area (Å²) in [7, 11) is -3.62. The molecule has 10 heteroatoms. The molecule has 1 amide bonds. The number of carbonyl (C=O) groups is 1. The average Bonchev–Trinajstić information content (AvgIpc) is 2.65. The van der Waals surface area contributed by atoms with E-state index in [1.54, 1.807) is 30.3 Å². The van der Waals surface area contributed by atoms with Crippen LogP contribution < -0.4 is 20.5 Å². The highest BCUT2D eigenvalue weighted by molar-refractivity contribution is 7.89. The summed E-state index contributed by atoms with van der Waals surface area (Å²) in [5.41, 5.74) is 6.54. The second-order valence-electron chi connectivity index (χ2n) is 7.44. The molecule has 2 heterocycles. The van der Waals surface area contributed by atoms with E-state index in [0.717, 1.165) is 0 Å². The van der Waals surface area contributed by atoms with E-state index >= 15 is 0 Å². The Hall–Kier alpha value is -3.14. The number of pyridine rings is 1. The van der Waals surface area contributed by atoms with Crippen LogP contribution in [0.5, 0.6) is 11.6 Å². The molecule has 1 aliphatic rings. The molecule has 3 N–H and O–H groups in total. The molecule has 0 saturated carbocycles. The number of nitrogens with two attached hydrogens (primary N) is 1. The Labute approximate surface area is 175 Å². The van der Waals surface area contributed by atoms with Gasteiger partial charge in [-0.15, -0.1) is 4.40 Å². The fraction of sp³-hybridized carbons (Fsp3) is 0.350. The van der Waals surface area contributed by atoms with Gasteiger partial charge in [0.15, 0.2) is 0 Å². The van der Waals surface area contributed by atoms with Crippen molar-refractivity contribution in [3.63, 3.8) is 0 Å². The lowest BCUT2D eigenvalue weighted by molar-refractivity contribution is 0.0880. The number of carbonyl (C=O) groups excluding carboxylic acids is 1. The molecule has 0 bridgehead atoms. The van der Waals surface area contributed by atoms with Crippen molar-refractivity contribution in [2.45, 2.75) is 32.1 Å². The Morgan fingerprint density at radius 1 is 1.27 bits per heavy atom. The first-order chi connectivity index (χ1) is 14.1. The average molecular weight is 433 g/mol. The van der Waals surface area contributed by atoms with Gasteiger partial charge in [-0.3, -0.25) is 4.79 Å². The zero-order chi connectivity index (χ0) is 21.9. The van der Waals surface area contributed by atoms with Crippen molar-refractivity contribution in [1.29, 1.82) is 0 Å². The van der Waals surface area contributed by atoms with Gasteiger partial charge in [0.05, 0.1) is 23.5 Å². The van der Waals surface area contributed by atoms with Crippen molar-refractivity contribution in [3.05, 3.63) is 53.2 Å². The van der Waals surface area contributed by atoms with Gasteiger partial charge in [0.1, 0.15) is 18.2 Å². The van der Waals surface area contributed by atoms with E-state index in [4.69, 9.17) is 15.2 Å². The lowest BCUT2D eigenvalue weighted by atomic mass is 10.0. The minimum absolute atomic E-state index is 0.103. The van der Waals surface area contributed by atoms with Crippen molar-refractivity contribution < 1.29 is 22.7 Å². The number of amides is 1. The van der Waals surface area contributed by atoms with Crippen LogP contribution in [0.1, 0.15) is 42.3 Å². The third kappa shape index (κ3) is 5.07. The van der Waals surface area contributed by atoms with Gasteiger partial charge in [-0.25, -0.2) is 13.4 Å². The first kappa shape index (κ1) is 21.6. The summed E-state index contributed by atoms with van der Waals surface area (Å²) in [6.07, 6.45) is 1.51. The fourth-order valence-corrected chi connectivity index (χ4v) is 4.07. The zero-order valence-corrected chi connectivity index (χ0v) is 17.8. The number of ether oxygens (including phenoxy) is 2. The van der Waals surface area contributed by atoms with Crippen LogP contribution in [-0.2, 0) is 15.8 Å². The van der Waals surface area contributed by atoms with Crippen LogP contribution in [0, 0.1) is 0 Å². The highest BCUT2D eigenvalue weighted by Gasteiger charge is 2.27. The number of amidine groups is 1. The molecule has 3 rings (SSSR count). The Morgan fingerprint density at radius 2 is 2.03 bits per heavy atom. The molecular formula is C20H24N4O5S. The number of sulfonamides is 1. The number of fused-ring (bicyclic) bond motifs is 1. The third-order valence-electron chi connectivity index (χ3n) is 4.27. The maximum absolute atomic E-state index is 12.6. The van der Waals surface area contributed by atoms with E-state index in [1.807, 2.05) is 20.8 Å². The maximum atomic E-state index is 12.6. The van der Waals surface area contributed by atoms with Crippen LogP contribution in [0.15, 0.2) is 40.9 Å². The van der Waals surface area contributed by atoms with Crippen molar-refractivity contribution in [2.75, 3.05) is 13.2 Å².